The maximum Gasteiger partial charge on any atom is 0.222 e. The molecule has 1 saturated carbocycles. The number of rotatable bonds is 4. The molecule has 0 bridgehead atoms. The molecule has 1 amide bonds. The second kappa shape index (κ2) is 8.20. The van der Waals surface area contributed by atoms with Gasteiger partial charge >= 0.3 is 0 Å². The lowest BCUT2D eigenvalue weighted by molar-refractivity contribution is -0.132. The number of hydrogen-bond acceptors (Lipinski definition) is 6. The number of piperazine rings is 1. The highest BCUT2D eigenvalue weighted by atomic mass is 16.5. The van der Waals surface area contributed by atoms with E-state index in [2.05, 4.69) is 26.1 Å². The van der Waals surface area contributed by atoms with Crippen molar-refractivity contribution in [2.75, 3.05) is 62.3 Å². The van der Waals surface area contributed by atoms with Gasteiger partial charge in [-0.1, -0.05) is 12.8 Å². The van der Waals surface area contributed by atoms with Crippen LogP contribution in [0.15, 0.2) is 12.3 Å². The highest BCUT2D eigenvalue weighted by Crippen LogP contribution is 2.28. The maximum atomic E-state index is 12.5. The lowest BCUT2D eigenvalue weighted by Crippen LogP contribution is -2.49. The molecule has 0 radical (unpaired) electrons. The summed E-state index contributed by atoms with van der Waals surface area (Å²) in [4.78, 5) is 19.1. The third-order valence-corrected chi connectivity index (χ3v) is 5.90. The Hall–Kier alpha value is -1.89. The number of aromatic nitrogens is 2. The van der Waals surface area contributed by atoms with E-state index >= 15 is 0 Å². The summed E-state index contributed by atoms with van der Waals surface area (Å²) in [6.07, 6.45) is 7.63. The molecule has 26 heavy (non-hydrogen) atoms. The average molecular weight is 359 g/mol. The van der Waals surface area contributed by atoms with Crippen molar-refractivity contribution in [2.45, 2.75) is 32.1 Å². The van der Waals surface area contributed by atoms with Crippen LogP contribution >= 0.6 is 0 Å². The molecular weight excluding hydrogens is 330 g/mol. The summed E-state index contributed by atoms with van der Waals surface area (Å²) in [7, 11) is 0. The first-order chi connectivity index (χ1) is 12.8. The van der Waals surface area contributed by atoms with Crippen molar-refractivity contribution >= 4 is 17.4 Å². The molecule has 0 N–H and O–H groups in total. The first-order valence-corrected chi connectivity index (χ1v) is 9.98. The number of ether oxygens (including phenoxy) is 1. The molecule has 1 aromatic heterocycles. The summed E-state index contributed by atoms with van der Waals surface area (Å²) in [6, 6.07) is 2.12. The lowest BCUT2D eigenvalue weighted by Gasteiger charge is -2.36. The van der Waals surface area contributed by atoms with Crippen LogP contribution in [0, 0.1) is 5.92 Å². The van der Waals surface area contributed by atoms with Crippen LogP contribution in [0.2, 0.25) is 0 Å². The Morgan fingerprint density at radius 1 is 1.04 bits per heavy atom. The smallest absolute Gasteiger partial charge is 0.222 e. The Morgan fingerprint density at radius 3 is 2.50 bits per heavy atom. The van der Waals surface area contributed by atoms with E-state index < -0.39 is 0 Å². The predicted molar refractivity (Wildman–Crippen MR) is 100 cm³/mol. The molecule has 0 atom stereocenters. The van der Waals surface area contributed by atoms with E-state index in [9.17, 15) is 4.79 Å². The van der Waals surface area contributed by atoms with Crippen LogP contribution in [0.25, 0.3) is 0 Å². The van der Waals surface area contributed by atoms with Gasteiger partial charge in [-0.25, -0.2) is 0 Å². The van der Waals surface area contributed by atoms with Crippen LogP contribution in [0.4, 0.5) is 11.5 Å². The van der Waals surface area contributed by atoms with Crippen LogP contribution in [0.1, 0.15) is 32.1 Å². The number of morpholine rings is 1. The molecule has 0 unspecified atom stereocenters. The van der Waals surface area contributed by atoms with Crippen LogP contribution < -0.4 is 9.80 Å². The number of carbonyl (C=O) groups is 1. The molecule has 142 valence electrons. The van der Waals surface area contributed by atoms with E-state index in [1.165, 1.54) is 25.7 Å². The van der Waals surface area contributed by atoms with Crippen molar-refractivity contribution in [3.8, 4) is 0 Å². The Bertz CT molecular complexity index is 606. The molecular formula is C19H29N5O2. The fourth-order valence-corrected chi connectivity index (χ4v) is 4.27. The summed E-state index contributed by atoms with van der Waals surface area (Å²) in [6.45, 7) is 6.56. The number of carbonyl (C=O) groups excluding carboxylic acids is 1. The van der Waals surface area contributed by atoms with Crippen molar-refractivity contribution in [1.29, 1.82) is 0 Å². The van der Waals surface area contributed by atoms with Gasteiger partial charge in [0, 0.05) is 51.8 Å². The number of anilines is 2. The first-order valence-electron chi connectivity index (χ1n) is 9.98. The van der Waals surface area contributed by atoms with Gasteiger partial charge < -0.3 is 19.4 Å². The summed E-state index contributed by atoms with van der Waals surface area (Å²) in [5, 5.41) is 8.53. The van der Waals surface area contributed by atoms with E-state index in [1.807, 2.05) is 11.1 Å². The Balaban J connectivity index is 1.32. The molecule has 2 aliphatic heterocycles. The minimum absolute atomic E-state index is 0.338. The Morgan fingerprint density at radius 2 is 1.77 bits per heavy atom. The second-order valence-electron chi connectivity index (χ2n) is 7.59. The second-order valence-corrected chi connectivity index (χ2v) is 7.59. The van der Waals surface area contributed by atoms with Gasteiger partial charge in [0.1, 0.15) is 0 Å². The van der Waals surface area contributed by atoms with Crippen LogP contribution in [0.5, 0.6) is 0 Å². The van der Waals surface area contributed by atoms with E-state index in [0.29, 0.717) is 11.8 Å². The molecule has 3 fully saturated rings. The summed E-state index contributed by atoms with van der Waals surface area (Å²) < 4.78 is 5.42. The fourth-order valence-electron chi connectivity index (χ4n) is 4.27. The largest absolute Gasteiger partial charge is 0.378 e. The van der Waals surface area contributed by atoms with Gasteiger partial charge in [0.25, 0.3) is 0 Å². The van der Waals surface area contributed by atoms with Crippen molar-refractivity contribution in [3.05, 3.63) is 12.3 Å². The van der Waals surface area contributed by atoms with Gasteiger partial charge in [0.2, 0.25) is 5.91 Å². The molecule has 1 aromatic rings. The van der Waals surface area contributed by atoms with Crippen molar-refractivity contribution in [2.24, 2.45) is 5.92 Å². The predicted octanol–water partition coefficient (Wildman–Crippen LogP) is 1.54. The molecule has 0 aromatic carbocycles. The molecule has 2 saturated heterocycles. The van der Waals surface area contributed by atoms with Crippen LogP contribution in [-0.4, -0.2) is 73.5 Å². The minimum Gasteiger partial charge on any atom is -0.378 e. The van der Waals surface area contributed by atoms with Crippen molar-refractivity contribution < 1.29 is 9.53 Å². The molecule has 3 aliphatic rings. The number of nitrogens with zero attached hydrogens (tertiary/aromatic N) is 5. The zero-order valence-corrected chi connectivity index (χ0v) is 15.5. The standard InChI is InChI=1S/C19H29N5O2/c25-19(13-16-3-1-2-4-16)24-7-5-23(6-8-24)18-14-17(15-20-21-18)22-9-11-26-12-10-22/h14-16H,1-13H2. The molecule has 3 heterocycles. The van der Waals surface area contributed by atoms with E-state index in [1.54, 1.807) is 0 Å². The van der Waals surface area contributed by atoms with E-state index in [4.69, 9.17) is 4.74 Å². The van der Waals surface area contributed by atoms with Gasteiger partial charge in [-0.05, 0) is 18.8 Å². The Kier molecular flexibility index (Phi) is 5.53. The topological polar surface area (TPSA) is 61.8 Å². The Labute approximate surface area is 155 Å². The number of amides is 1. The summed E-state index contributed by atoms with van der Waals surface area (Å²) in [5.74, 6) is 1.87. The lowest BCUT2D eigenvalue weighted by atomic mass is 10.0. The van der Waals surface area contributed by atoms with Crippen LogP contribution in [-0.2, 0) is 9.53 Å². The van der Waals surface area contributed by atoms with Gasteiger partial charge in [-0.15, -0.1) is 5.10 Å². The van der Waals surface area contributed by atoms with Crippen LogP contribution in [0.3, 0.4) is 0 Å². The maximum absolute atomic E-state index is 12.5. The van der Waals surface area contributed by atoms with Gasteiger partial charge in [0.15, 0.2) is 5.82 Å². The molecule has 4 rings (SSSR count). The third-order valence-electron chi connectivity index (χ3n) is 5.90. The molecule has 7 nitrogen and oxygen atoms in total. The summed E-state index contributed by atoms with van der Waals surface area (Å²) in [5.41, 5.74) is 1.11. The van der Waals surface area contributed by atoms with Crippen molar-refractivity contribution in [3.63, 3.8) is 0 Å². The first kappa shape index (κ1) is 17.5. The van der Waals surface area contributed by atoms with E-state index in [-0.39, 0.29) is 0 Å². The molecule has 7 heteroatoms. The third kappa shape index (κ3) is 4.09. The highest BCUT2D eigenvalue weighted by Gasteiger charge is 2.26. The number of hydrogen-bond donors (Lipinski definition) is 0. The normalized spacial score (nSPS) is 22.1. The minimum atomic E-state index is 0.338. The van der Waals surface area contributed by atoms with Gasteiger partial charge in [-0.3, -0.25) is 4.79 Å². The zero-order valence-electron chi connectivity index (χ0n) is 15.5. The highest BCUT2D eigenvalue weighted by molar-refractivity contribution is 5.76. The monoisotopic (exact) mass is 359 g/mol. The zero-order chi connectivity index (χ0) is 17.8. The van der Waals surface area contributed by atoms with Gasteiger partial charge in [-0.2, -0.15) is 5.10 Å². The van der Waals surface area contributed by atoms with Gasteiger partial charge in [0.05, 0.1) is 25.1 Å². The fraction of sp³-hybridized carbons (Fsp3) is 0.737. The quantitative estimate of drug-likeness (QED) is 0.813. The average Bonchev–Trinajstić information content (AvgIpc) is 3.22. The summed E-state index contributed by atoms with van der Waals surface area (Å²) >= 11 is 0. The van der Waals surface area contributed by atoms with E-state index in [0.717, 1.165) is 70.4 Å². The SMILES string of the molecule is O=C(CC1CCCC1)N1CCN(c2cc(N3CCOCC3)cnn2)CC1. The molecule has 1 aliphatic carbocycles. The molecule has 0 spiro atoms. The van der Waals surface area contributed by atoms with Crippen molar-refractivity contribution in [1.82, 2.24) is 15.1 Å².